The predicted octanol–water partition coefficient (Wildman–Crippen LogP) is 4.82. The van der Waals surface area contributed by atoms with Crippen molar-refractivity contribution in [2.24, 2.45) is 0 Å². The maximum atomic E-state index is 11.1. The monoisotopic (exact) mass is 370 g/mol. The van der Waals surface area contributed by atoms with Crippen LogP contribution in [-0.2, 0) is 6.61 Å². The van der Waals surface area contributed by atoms with Gasteiger partial charge in [-0.3, -0.25) is 0 Å². The average molecular weight is 370 g/mol. The Kier molecular flexibility index (Phi) is 4.89. The minimum absolute atomic E-state index is 0.242. The van der Waals surface area contributed by atoms with Crippen LogP contribution in [0.5, 0.6) is 5.75 Å². The summed E-state index contributed by atoms with van der Waals surface area (Å²) in [7, 11) is 0. The Morgan fingerprint density at radius 1 is 0.893 bits per heavy atom. The van der Waals surface area contributed by atoms with E-state index in [4.69, 9.17) is 14.9 Å². The predicted molar refractivity (Wildman–Crippen MR) is 107 cm³/mol. The molecule has 1 N–H and O–H groups in total. The van der Waals surface area contributed by atoms with Crippen LogP contribution >= 0.6 is 0 Å². The summed E-state index contributed by atoms with van der Waals surface area (Å²) in [5.41, 5.74) is 3.80. The lowest BCUT2D eigenvalue weighted by molar-refractivity contribution is 0.0697. The van der Waals surface area contributed by atoms with Crippen molar-refractivity contribution >= 4 is 5.97 Å². The topological polar surface area (TPSA) is 64.3 Å². The summed E-state index contributed by atoms with van der Waals surface area (Å²) < 4.78 is 7.67. The number of aromatic nitrogens is 2. The van der Waals surface area contributed by atoms with Crippen LogP contribution < -0.4 is 4.74 Å². The van der Waals surface area contributed by atoms with E-state index >= 15 is 0 Å². The van der Waals surface area contributed by atoms with E-state index in [1.54, 1.807) is 28.9 Å². The summed E-state index contributed by atoms with van der Waals surface area (Å²) in [6, 6.07) is 26.2. The van der Waals surface area contributed by atoms with E-state index in [1.807, 2.05) is 66.9 Å². The summed E-state index contributed by atoms with van der Waals surface area (Å²) in [6.45, 7) is 0.376. The minimum Gasteiger partial charge on any atom is -0.489 e. The number of hydrogen-bond donors (Lipinski definition) is 1. The number of benzene rings is 3. The first-order valence-corrected chi connectivity index (χ1v) is 8.86. The standard InChI is InChI=1S/C23H18N2O3/c26-23(27)18-11-13-20(14-12-18)25-15-19(16-28-21-9-5-2-6-10-21)22(24-25)17-7-3-1-4-8-17/h1-15H,16H2,(H,26,27). The van der Waals surface area contributed by atoms with Crippen LogP contribution in [0.15, 0.2) is 91.1 Å². The van der Waals surface area contributed by atoms with Crippen molar-refractivity contribution in [1.29, 1.82) is 0 Å². The summed E-state index contributed by atoms with van der Waals surface area (Å²) >= 11 is 0. The Bertz CT molecular complexity index is 1070. The summed E-state index contributed by atoms with van der Waals surface area (Å²) in [5.74, 6) is -0.158. The van der Waals surface area contributed by atoms with Crippen molar-refractivity contribution in [3.05, 3.63) is 102 Å². The van der Waals surface area contributed by atoms with Crippen molar-refractivity contribution in [1.82, 2.24) is 9.78 Å². The van der Waals surface area contributed by atoms with Gasteiger partial charge in [-0.1, -0.05) is 48.5 Å². The molecule has 0 aliphatic rings. The lowest BCUT2D eigenvalue weighted by atomic mass is 10.1. The fourth-order valence-corrected chi connectivity index (χ4v) is 2.92. The molecule has 0 aliphatic carbocycles. The van der Waals surface area contributed by atoms with Crippen LogP contribution in [0.3, 0.4) is 0 Å². The number of ether oxygens (including phenoxy) is 1. The lowest BCUT2D eigenvalue weighted by Gasteiger charge is -2.06. The fourth-order valence-electron chi connectivity index (χ4n) is 2.92. The van der Waals surface area contributed by atoms with Crippen LogP contribution in [0.1, 0.15) is 15.9 Å². The third-order valence-corrected chi connectivity index (χ3v) is 4.35. The summed E-state index contributed by atoms with van der Waals surface area (Å²) in [4.78, 5) is 11.1. The Balaban J connectivity index is 1.68. The second kappa shape index (κ2) is 7.80. The SMILES string of the molecule is O=C(O)c1ccc(-n2cc(COc3ccccc3)c(-c3ccccc3)n2)cc1. The molecule has 0 saturated heterocycles. The van der Waals surface area contributed by atoms with Crippen LogP contribution in [0.2, 0.25) is 0 Å². The first-order valence-electron chi connectivity index (χ1n) is 8.86. The van der Waals surface area contributed by atoms with E-state index in [-0.39, 0.29) is 5.56 Å². The number of nitrogens with zero attached hydrogens (tertiary/aromatic N) is 2. The first-order chi connectivity index (χ1) is 13.7. The number of aromatic carboxylic acids is 1. The molecule has 0 aliphatic heterocycles. The zero-order chi connectivity index (χ0) is 19.3. The lowest BCUT2D eigenvalue weighted by Crippen LogP contribution is -1.99. The van der Waals surface area contributed by atoms with Crippen LogP contribution in [-0.4, -0.2) is 20.9 Å². The van der Waals surface area contributed by atoms with Crippen molar-refractivity contribution in [3.8, 4) is 22.7 Å². The van der Waals surface area contributed by atoms with Gasteiger partial charge < -0.3 is 9.84 Å². The number of rotatable bonds is 6. The smallest absolute Gasteiger partial charge is 0.335 e. The Morgan fingerprint density at radius 3 is 2.18 bits per heavy atom. The van der Waals surface area contributed by atoms with E-state index in [0.29, 0.717) is 6.61 Å². The van der Waals surface area contributed by atoms with Gasteiger partial charge in [-0.2, -0.15) is 5.10 Å². The van der Waals surface area contributed by atoms with Crippen molar-refractivity contribution in [2.45, 2.75) is 6.61 Å². The quantitative estimate of drug-likeness (QED) is 0.529. The van der Waals surface area contributed by atoms with Crippen LogP contribution in [0, 0.1) is 0 Å². The van der Waals surface area contributed by atoms with Crippen LogP contribution in [0.25, 0.3) is 16.9 Å². The third-order valence-electron chi connectivity index (χ3n) is 4.35. The van der Waals surface area contributed by atoms with Gasteiger partial charge in [0.05, 0.1) is 16.9 Å². The van der Waals surface area contributed by atoms with Gasteiger partial charge in [0.2, 0.25) is 0 Å². The van der Waals surface area contributed by atoms with Crippen molar-refractivity contribution in [2.75, 3.05) is 0 Å². The van der Waals surface area contributed by atoms with Crippen LogP contribution in [0.4, 0.5) is 0 Å². The number of hydrogen-bond acceptors (Lipinski definition) is 3. The van der Waals surface area contributed by atoms with Gasteiger partial charge in [0, 0.05) is 17.3 Å². The number of carboxylic acid groups (broad SMARTS) is 1. The molecule has 0 radical (unpaired) electrons. The van der Waals surface area contributed by atoms with E-state index in [2.05, 4.69) is 0 Å². The highest BCUT2D eigenvalue weighted by Gasteiger charge is 2.13. The molecule has 5 nitrogen and oxygen atoms in total. The highest BCUT2D eigenvalue weighted by molar-refractivity contribution is 5.87. The van der Waals surface area contributed by atoms with Crippen molar-refractivity contribution in [3.63, 3.8) is 0 Å². The van der Waals surface area contributed by atoms with Gasteiger partial charge in [-0.15, -0.1) is 0 Å². The molecule has 4 rings (SSSR count). The number of carbonyl (C=O) groups is 1. The molecule has 1 aromatic heterocycles. The Labute approximate surface area is 162 Å². The normalized spacial score (nSPS) is 10.6. The maximum Gasteiger partial charge on any atom is 0.335 e. The fraction of sp³-hybridized carbons (Fsp3) is 0.0435. The first kappa shape index (κ1) is 17.5. The van der Waals surface area contributed by atoms with Crippen molar-refractivity contribution < 1.29 is 14.6 Å². The molecular formula is C23H18N2O3. The molecule has 5 heteroatoms. The zero-order valence-corrected chi connectivity index (χ0v) is 15.0. The third kappa shape index (κ3) is 3.78. The minimum atomic E-state index is -0.950. The molecule has 4 aromatic rings. The molecule has 1 heterocycles. The summed E-state index contributed by atoms with van der Waals surface area (Å²) in [6.07, 6.45) is 1.92. The second-order valence-electron chi connectivity index (χ2n) is 6.27. The van der Waals surface area contributed by atoms with Gasteiger partial charge >= 0.3 is 5.97 Å². The van der Waals surface area contributed by atoms with E-state index in [9.17, 15) is 4.79 Å². The molecule has 3 aromatic carbocycles. The molecular weight excluding hydrogens is 352 g/mol. The Morgan fingerprint density at radius 2 is 1.54 bits per heavy atom. The van der Waals surface area contributed by atoms with Gasteiger partial charge in [-0.05, 0) is 36.4 Å². The molecule has 138 valence electrons. The molecule has 0 atom stereocenters. The second-order valence-corrected chi connectivity index (χ2v) is 6.27. The van der Waals surface area contributed by atoms with Gasteiger partial charge in [0.25, 0.3) is 0 Å². The molecule has 0 unspecified atom stereocenters. The molecule has 0 saturated carbocycles. The van der Waals surface area contributed by atoms with E-state index in [0.717, 1.165) is 28.3 Å². The largest absolute Gasteiger partial charge is 0.489 e. The van der Waals surface area contributed by atoms with E-state index in [1.165, 1.54) is 0 Å². The summed E-state index contributed by atoms with van der Waals surface area (Å²) in [5, 5.41) is 13.8. The molecule has 0 amide bonds. The highest BCUT2D eigenvalue weighted by atomic mass is 16.5. The number of carboxylic acids is 1. The highest BCUT2D eigenvalue weighted by Crippen LogP contribution is 2.25. The van der Waals surface area contributed by atoms with Gasteiger partial charge in [0.1, 0.15) is 12.4 Å². The van der Waals surface area contributed by atoms with E-state index < -0.39 is 5.97 Å². The molecule has 0 bridgehead atoms. The molecule has 0 spiro atoms. The maximum absolute atomic E-state index is 11.1. The van der Waals surface area contributed by atoms with Gasteiger partial charge in [0.15, 0.2) is 0 Å². The van der Waals surface area contributed by atoms with Gasteiger partial charge in [-0.25, -0.2) is 9.48 Å². The molecule has 28 heavy (non-hydrogen) atoms. The number of para-hydroxylation sites is 1. The zero-order valence-electron chi connectivity index (χ0n) is 15.0. The average Bonchev–Trinajstić information content (AvgIpc) is 3.18. The molecule has 0 fully saturated rings. The Hall–Kier alpha value is -3.86.